The van der Waals surface area contributed by atoms with Gasteiger partial charge in [-0.15, -0.1) is 11.3 Å². The van der Waals surface area contributed by atoms with Gasteiger partial charge in [0.25, 0.3) is 0 Å². The first kappa shape index (κ1) is 16.2. The van der Waals surface area contributed by atoms with Gasteiger partial charge in [0, 0.05) is 36.8 Å². The zero-order chi connectivity index (χ0) is 16.2. The monoisotopic (exact) mass is 333 g/mol. The summed E-state index contributed by atoms with van der Waals surface area (Å²) in [7, 11) is 2.09. The summed E-state index contributed by atoms with van der Waals surface area (Å²) in [6.45, 7) is 5.35. The molecule has 0 unspecified atom stereocenters. The zero-order valence-electron chi connectivity index (χ0n) is 13.7. The number of aryl methyl sites for hydroxylation is 1. The predicted octanol–water partition coefficient (Wildman–Crippen LogP) is 3.04. The Kier molecular flexibility index (Phi) is 5.13. The van der Waals surface area contributed by atoms with Gasteiger partial charge >= 0.3 is 5.97 Å². The number of likely N-dealkylation sites (tertiary alicyclic amines) is 1. The molecule has 1 fully saturated rings. The molecule has 2 aromatic heterocycles. The second kappa shape index (κ2) is 7.27. The number of piperidine rings is 1. The zero-order valence-corrected chi connectivity index (χ0v) is 14.5. The van der Waals surface area contributed by atoms with Crippen LogP contribution in [0.15, 0.2) is 23.7 Å². The van der Waals surface area contributed by atoms with E-state index in [1.165, 1.54) is 5.69 Å². The van der Waals surface area contributed by atoms with Crippen LogP contribution in [0.25, 0.3) is 0 Å². The number of hydrogen-bond donors (Lipinski definition) is 0. The van der Waals surface area contributed by atoms with Crippen molar-refractivity contribution in [2.45, 2.75) is 32.2 Å². The molecule has 0 spiro atoms. The van der Waals surface area contributed by atoms with Crippen LogP contribution in [0.2, 0.25) is 0 Å². The Bertz CT molecular complexity index is 656. The first-order chi connectivity index (χ1) is 11.2. The van der Waals surface area contributed by atoms with Crippen LogP contribution in [0.3, 0.4) is 0 Å². The molecule has 0 N–H and O–H groups in total. The number of aromatic nitrogens is 2. The van der Waals surface area contributed by atoms with E-state index in [1.54, 1.807) is 11.3 Å². The van der Waals surface area contributed by atoms with E-state index in [2.05, 4.69) is 39.8 Å². The topological polar surface area (TPSA) is 47.4 Å². The molecule has 0 atom stereocenters. The molecule has 5 nitrogen and oxygen atoms in total. The molecular formula is C17H23N3O2S. The number of carbonyl (C=O) groups is 1. The Morgan fingerprint density at radius 3 is 2.87 bits per heavy atom. The largest absolute Gasteiger partial charge is 0.461 e. The van der Waals surface area contributed by atoms with Crippen LogP contribution in [0.4, 0.5) is 0 Å². The van der Waals surface area contributed by atoms with Crippen LogP contribution in [0.5, 0.6) is 0 Å². The first-order valence-electron chi connectivity index (χ1n) is 8.12. The van der Waals surface area contributed by atoms with E-state index in [1.807, 2.05) is 12.3 Å². The van der Waals surface area contributed by atoms with Gasteiger partial charge in [0.15, 0.2) is 5.69 Å². The second-order valence-electron chi connectivity index (χ2n) is 5.95. The third kappa shape index (κ3) is 3.82. The lowest BCUT2D eigenvalue weighted by Crippen LogP contribution is -2.33. The molecule has 1 aliphatic heterocycles. The van der Waals surface area contributed by atoms with Crippen molar-refractivity contribution in [1.82, 2.24) is 14.5 Å². The summed E-state index contributed by atoms with van der Waals surface area (Å²) in [5.41, 5.74) is 1.81. The van der Waals surface area contributed by atoms with Gasteiger partial charge in [0.2, 0.25) is 0 Å². The van der Waals surface area contributed by atoms with Gasteiger partial charge in [-0.2, -0.15) is 0 Å². The molecule has 2 aromatic rings. The maximum absolute atomic E-state index is 11.7. The van der Waals surface area contributed by atoms with Crippen molar-refractivity contribution in [2.24, 2.45) is 7.05 Å². The Morgan fingerprint density at radius 2 is 2.22 bits per heavy atom. The van der Waals surface area contributed by atoms with E-state index in [0.29, 0.717) is 18.2 Å². The number of rotatable bonds is 5. The fourth-order valence-corrected chi connectivity index (χ4v) is 3.96. The third-order valence-corrected chi connectivity index (χ3v) is 5.39. The smallest absolute Gasteiger partial charge is 0.357 e. The van der Waals surface area contributed by atoms with Crippen LogP contribution in [-0.2, 0) is 18.3 Å². The van der Waals surface area contributed by atoms with Gasteiger partial charge in [0.05, 0.1) is 11.6 Å². The van der Waals surface area contributed by atoms with E-state index < -0.39 is 0 Å². The summed E-state index contributed by atoms with van der Waals surface area (Å²) in [5, 5.41) is 2.90. The molecule has 3 heterocycles. The van der Waals surface area contributed by atoms with Crippen molar-refractivity contribution in [3.05, 3.63) is 40.1 Å². The molecule has 0 aliphatic carbocycles. The molecular weight excluding hydrogens is 310 g/mol. The Morgan fingerprint density at radius 1 is 1.43 bits per heavy atom. The highest BCUT2D eigenvalue weighted by molar-refractivity contribution is 7.09. The highest BCUT2D eigenvalue weighted by atomic mass is 32.1. The normalized spacial score (nSPS) is 16.6. The maximum Gasteiger partial charge on any atom is 0.357 e. The summed E-state index contributed by atoms with van der Waals surface area (Å²) in [4.78, 5) is 18.7. The fraction of sp³-hybridized carbons (Fsp3) is 0.529. The van der Waals surface area contributed by atoms with Gasteiger partial charge in [-0.05, 0) is 45.0 Å². The number of esters is 1. The van der Waals surface area contributed by atoms with Crippen molar-refractivity contribution in [3.8, 4) is 0 Å². The molecule has 6 heteroatoms. The number of carbonyl (C=O) groups excluding carboxylic acids is 1. The standard InChI is InChI=1S/C17H23N3O2S/c1-3-22-17(21)15-12-23-16(18-15)13-6-9-20(10-7-13)11-14-5-4-8-19(14)2/h4-5,8,12-13H,3,6-7,9-11H2,1-2H3. The van der Waals surface area contributed by atoms with Crippen molar-refractivity contribution in [2.75, 3.05) is 19.7 Å². The number of thiazole rings is 1. The fourth-order valence-electron chi connectivity index (χ4n) is 3.00. The summed E-state index contributed by atoms with van der Waals surface area (Å²) in [6.07, 6.45) is 4.29. The minimum atomic E-state index is -0.309. The second-order valence-corrected chi connectivity index (χ2v) is 6.84. The highest BCUT2D eigenvalue weighted by Crippen LogP contribution is 2.31. The Labute approximate surface area is 140 Å². The van der Waals surface area contributed by atoms with E-state index >= 15 is 0 Å². The maximum atomic E-state index is 11.7. The minimum absolute atomic E-state index is 0.309. The molecule has 0 bridgehead atoms. The van der Waals surface area contributed by atoms with Crippen LogP contribution in [-0.4, -0.2) is 40.1 Å². The van der Waals surface area contributed by atoms with Gasteiger partial charge in [0.1, 0.15) is 0 Å². The average Bonchev–Trinajstić information content (AvgIpc) is 3.18. The quantitative estimate of drug-likeness (QED) is 0.789. The van der Waals surface area contributed by atoms with Crippen LogP contribution in [0.1, 0.15) is 46.9 Å². The molecule has 1 aliphatic rings. The van der Waals surface area contributed by atoms with E-state index in [4.69, 9.17) is 4.74 Å². The number of nitrogens with zero attached hydrogens (tertiary/aromatic N) is 3. The summed E-state index contributed by atoms with van der Waals surface area (Å²) < 4.78 is 7.19. The Balaban J connectivity index is 1.54. The SMILES string of the molecule is CCOC(=O)c1csc(C2CCN(Cc3cccn3C)CC2)n1. The molecule has 124 valence electrons. The van der Waals surface area contributed by atoms with Gasteiger partial charge in [-0.1, -0.05) is 0 Å². The molecule has 1 saturated heterocycles. The average molecular weight is 333 g/mol. The van der Waals surface area contributed by atoms with Gasteiger partial charge < -0.3 is 9.30 Å². The molecule has 0 saturated carbocycles. The number of hydrogen-bond acceptors (Lipinski definition) is 5. The first-order valence-corrected chi connectivity index (χ1v) is 9.00. The highest BCUT2D eigenvalue weighted by Gasteiger charge is 2.24. The lowest BCUT2D eigenvalue weighted by atomic mass is 9.97. The molecule has 0 radical (unpaired) electrons. The van der Waals surface area contributed by atoms with Crippen molar-refractivity contribution >= 4 is 17.3 Å². The number of ether oxygens (including phenoxy) is 1. The Hall–Kier alpha value is -1.66. The lowest BCUT2D eigenvalue weighted by Gasteiger charge is -2.31. The van der Waals surface area contributed by atoms with Crippen LogP contribution < -0.4 is 0 Å². The molecule has 3 rings (SSSR count). The summed E-state index contributed by atoms with van der Waals surface area (Å²) >= 11 is 1.58. The van der Waals surface area contributed by atoms with Crippen LogP contribution in [0, 0.1) is 0 Å². The molecule has 0 aromatic carbocycles. The lowest BCUT2D eigenvalue weighted by molar-refractivity contribution is 0.0520. The van der Waals surface area contributed by atoms with E-state index in [-0.39, 0.29) is 5.97 Å². The van der Waals surface area contributed by atoms with Crippen molar-refractivity contribution in [1.29, 1.82) is 0 Å². The van der Waals surface area contributed by atoms with Crippen molar-refractivity contribution in [3.63, 3.8) is 0 Å². The van der Waals surface area contributed by atoms with E-state index in [9.17, 15) is 4.79 Å². The summed E-state index contributed by atoms with van der Waals surface area (Å²) in [5.74, 6) is 0.156. The van der Waals surface area contributed by atoms with E-state index in [0.717, 1.165) is 37.5 Å². The van der Waals surface area contributed by atoms with Crippen molar-refractivity contribution < 1.29 is 9.53 Å². The molecule has 0 amide bonds. The third-order valence-electron chi connectivity index (χ3n) is 4.38. The molecule has 23 heavy (non-hydrogen) atoms. The van der Waals surface area contributed by atoms with Gasteiger partial charge in [-0.25, -0.2) is 9.78 Å². The minimum Gasteiger partial charge on any atom is -0.461 e. The van der Waals surface area contributed by atoms with Gasteiger partial charge in [-0.3, -0.25) is 4.90 Å². The summed E-state index contributed by atoms with van der Waals surface area (Å²) in [6, 6.07) is 4.27. The van der Waals surface area contributed by atoms with Crippen LogP contribution >= 0.6 is 11.3 Å². The predicted molar refractivity (Wildman–Crippen MR) is 90.7 cm³/mol.